The minimum atomic E-state index is -0.0871. The number of rotatable bonds is 5. The average molecular weight is 416 g/mol. The molecule has 0 radical (unpaired) electrons. The molecule has 0 spiro atoms. The molecule has 28 heavy (non-hydrogen) atoms. The van der Waals surface area contributed by atoms with Crippen LogP contribution in [-0.4, -0.2) is 34.8 Å². The van der Waals surface area contributed by atoms with E-state index in [1.54, 1.807) is 12.1 Å². The molecule has 1 aliphatic carbocycles. The molecule has 3 rings (SSSR count). The number of thioether (sulfide) groups is 1. The van der Waals surface area contributed by atoms with Crippen molar-refractivity contribution >= 4 is 45.8 Å². The molecular weight excluding hydrogens is 390 g/mol. The molecule has 2 aromatic carbocycles. The van der Waals surface area contributed by atoms with Gasteiger partial charge >= 0.3 is 0 Å². The summed E-state index contributed by atoms with van der Waals surface area (Å²) in [5.74, 6) is 0.199. The summed E-state index contributed by atoms with van der Waals surface area (Å²) in [4.78, 5) is 19.5. The van der Waals surface area contributed by atoms with Crippen molar-refractivity contribution in [2.75, 3.05) is 18.1 Å². The molecule has 1 aliphatic rings. The molecule has 1 amide bonds. The molecule has 1 fully saturated rings. The van der Waals surface area contributed by atoms with Crippen LogP contribution in [0.4, 0.5) is 11.4 Å². The Labute approximate surface area is 176 Å². The topological polar surface area (TPSA) is 44.7 Å². The van der Waals surface area contributed by atoms with Crippen molar-refractivity contribution in [3.8, 4) is 0 Å². The normalized spacial score (nSPS) is 15.3. The van der Waals surface area contributed by atoms with Gasteiger partial charge in [0.1, 0.15) is 0 Å². The number of halogens is 1. The number of carbonyl (C=O) groups is 1. The standard InChI is InChI=1S/C22H26ClN3OS/c1-26(18-12-6-3-7-13-18)22(24-17-10-4-2-5-11-17)28-16-21(27)25-20-15-9-8-14-19(20)23/h2,4-5,8-11,14-15,18H,3,6-7,12-13,16H2,1H3,(H,25,27). The summed E-state index contributed by atoms with van der Waals surface area (Å²) >= 11 is 7.61. The molecular formula is C22H26ClN3OS. The molecule has 0 bridgehead atoms. The number of anilines is 1. The Morgan fingerprint density at radius 1 is 1.11 bits per heavy atom. The molecule has 0 heterocycles. The Bertz CT molecular complexity index is 806. The predicted octanol–water partition coefficient (Wildman–Crippen LogP) is 5.96. The van der Waals surface area contributed by atoms with E-state index in [-0.39, 0.29) is 11.7 Å². The highest BCUT2D eigenvalue weighted by Gasteiger charge is 2.22. The van der Waals surface area contributed by atoms with E-state index >= 15 is 0 Å². The van der Waals surface area contributed by atoms with E-state index in [2.05, 4.69) is 17.3 Å². The zero-order valence-corrected chi connectivity index (χ0v) is 17.7. The number of carbonyl (C=O) groups excluding carboxylic acids is 1. The fourth-order valence-electron chi connectivity index (χ4n) is 3.33. The van der Waals surface area contributed by atoms with Crippen LogP contribution in [0.3, 0.4) is 0 Å². The summed E-state index contributed by atoms with van der Waals surface area (Å²) < 4.78 is 0. The van der Waals surface area contributed by atoms with Gasteiger partial charge in [0.25, 0.3) is 0 Å². The average Bonchev–Trinajstić information content (AvgIpc) is 2.73. The van der Waals surface area contributed by atoms with Gasteiger partial charge in [-0.3, -0.25) is 4.79 Å². The van der Waals surface area contributed by atoms with Crippen molar-refractivity contribution in [1.29, 1.82) is 0 Å². The maximum atomic E-state index is 12.5. The van der Waals surface area contributed by atoms with Gasteiger partial charge in [-0.1, -0.05) is 73.0 Å². The third-order valence-electron chi connectivity index (χ3n) is 4.89. The van der Waals surface area contributed by atoms with E-state index in [0.717, 1.165) is 10.9 Å². The number of amidine groups is 1. The van der Waals surface area contributed by atoms with Crippen molar-refractivity contribution in [3.63, 3.8) is 0 Å². The zero-order valence-electron chi connectivity index (χ0n) is 16.1. The van der Waals surface area contributed by atoms with E-state index in [0.29, 0.717) is 16.8 Å². The molecule has 1 N–H and O–H groups in total. The first-order chi connectivity index (χ1) is 13.6. The van der Waals surface area contributed by atoms with Crippen LogP contribution in [-0.2, 0) is 4.79 Å². The van der Waals surface area contributed by atoms with Gasteiger partial charge in [0.15, 0.2) is 5.17 Å². The molecule has 2 aromatic rings. The molecule has 0 aliphatic heterocycles. The second-order valence-electron chi connectivity index (χ2n) is 6.95. The Morgan fingerprint density at radius 2 is 1.79 bits per heavy atom. The van der Waals surface area contributed by atoms with Gasteiger partial charge in [-0.2, -0.15) is 0 Å². The first-order valence-electron chi connectivity index (χ1n) is 9.67. The molecule has 0 saturated heterocycles. The van der Waals surface area contributed by atoms with Gasteiger partial charge in [0, 0.05) is 13.1 Å². The zero-order chi connectivity index (χ0) is 19.8. The lowest BCUT2D eigenvalue weighted by Crippen LogP contribution is -2.37. The van der Waals surface area contributed by atoms with Crippen LogP contribution in [0.5, 0.6) is 0 Å². The van der Waals surface area contributed by atoms with E-state index in [4.69, 9.17) is 16.6 Å². The quantitative estimate of drug-likeness (QED) is 0.483. The van der Waals surface area contributed by atoms with Crippen LogP contribution in [0.15, 0.2) is 59.6 Å². The number of benzene rings is 2. The number of nitrogens with one attached hydrogen (secondary N) is 1. The van der Waals surface area contributed by atoms with Crippen LogP contribution < -0.4 is 5.32 Å². The molecule has 0 unspecified atom stereocenters. The van der Waals surface area contributed by atoms with Gasteiger partial charge in [-0.25, -0.2) is 4.99 Å². The van der Waals surface area contributed by atoms with Crippen LogP contribution in [0, 0.1) is 0 Å². The van der Waals surface area contributed by atoms with E-state index in [1.807, 2.05) is 42.5 Å². The third kappa shape index (κ3) is 6.01. The van der Waals surface area contributed by atoms with Crippen molar-refractivity contribution in [2.24, 2.45) is 4.99 Å². The molecule has 0 atom stereocenters. The minimum Gasteiger partial charge on any atom is -0.351 e. The third-order valence-corrected chi connectivity index (χ3v) is 6.26. The molecule has 148 valence electrons. The summed E-state index contributed by atoms with van der Waals surface area (Å²) in [6.45, 7) is 0. The first kappa shape index (κ1) is 20.7. The Morgan fingerprint density at radius 3 is 2.50 bits per heavy atom. The van der Waals surface area contributed by atoms with Gasteiger partial charge in [0.2, 0.25) is 5.91 Å². The summed E-state index contributed by atoms with van der Waals surface area (Å²) in [6.07, 6.45) is 6.17. The second kappa shape index (κ2) is 10.5. The number of para-hydroxylation sites is 2. The first-order valence-corrected chi connectivity index (χ1v) is 11.0. The fourth-order valence-corrected chi connectivity index (χ4v) is 4.37. The minimum absolute atomic E-state index is 0.0871. The second-order valence-corrected chi connectivity index (χ2v) is 8.30. The number of nitrogens with zero attached hydrogens (tertiary/aromatic N) is 2. The Balaban J connectivity index is 1.69. The fraction of sp³-hybridized carbons (Fsp3) is 0.364. The van der Waals surface area contributed by atoms with Crippen molar-refractivity contribution in [2.45, 2.75) is 38.1 Å². The smallest absolute Gasteiger partial charge is 0.234 e. The SMILES string of the molecule is CN(C(=Nc1ccccc1)SCC(=O)Nc1ccccc1Cl)C1CCCCC1. The van der Waals surface area contributed by atoms with Crippen molar-refractivity contribution in [1.82, 2.24) is 4.90 Å². The lowest BCUT2D eigenvalue weighted by molar-refractivity contribution is -0.113. The molecule has 1 saturated carbocycles. The van der Waals surface area contributed by atoms with Crippen LogP contribution in [0.2, 0.25) is 5.02 Å². The molecule has 4 nitrogen and oxygen atoms in total. The van der Waals surface area contributed by atoms with Crippen LogP contribution in [0.1, 0.15) is 32.1 Å². The van der Waals surface area contributed by atoms with Gasteiger partial charge in [-0.15, -0.1) is 0 Å². The van der Waals surface area contributed by atoms with E-state index < -0.39 is 0 Å². The van der Waals surface area contributed by atoms with Gasteiger partial charge in [0.05, 0.1) is 22.2 Å². The summed E-state index contributed by atoms with van der Waals surface area (Å²) in [5.41, 5.74) is 1.54. The van der Waals surface area contributed by atoms with Crippen LogP contribution >= 0.6 is 23.4 Å². The highest BCUT2D eigenvalue weighted by atomic mass is 35.5. The molecule has 0 aromatic heterocycles. The van der Waals surface area contributed by atoms with Gasteiger partial charge < -0.3 is 10.2 Å². The number of hydrogen-bond donors (Lipinski definition) is 1. The number of hydrogen-bond acceptors (Lipinski definition) is 3. The number of amides is 1. The highest BCUT2D eigenvalue weighted by molar-refractivity contribution is 8.14. The van der Waals surface area contributed by atoms with Crippen LogP contribution in [0.25, 0.3) is 0 Å². The van der Waals surface area contributed by atoms with Crippen molar-refractivity contribution in [3.05, 3.63) is 59.6 Å². The van der Waals surface area contributed by atoms with E-state index in [9.17, 15) is 4.79 Å². The monoisotopic (exact) mass is 415 g/mol. The highest BCUT2D eigenvalue weighted by Crippen LogP contribution is 2.26. The largest absolute Gasteiger partial charge is 0.351 e. The Hall–Kier alpha value is -1.98. The van der Waals surface area contributed by atoms with Crippen molar-refractivity contribution < 1.29 is 4.79 Å². The Kier molecular flexibility index (Phi) is 7.80. The maximum absolute atomic E-state index is 12.5. The lowest BCUT2D eigenvalue weighted by atomic mass is 9.95. The summed E-state index contributed by atoms with van der Waals surface area (Å²) in [6, 6.07) is 17.7. The number of aliphatic imine (C=N–C) groups is 1. The molecule has 6 heteroatoms. The maximum Gasteiger partial charge on any atom is 0.234 e. The van der Waals surface area contributed by atoms with E-state index in [1.165, 1.54) is 43.9 Å². The van der Waals surface area contributed by atoms with Gasteiger partial charge in [-0.05, 0) is 37.1 Å². The summed E-state index contributed by atoms with van der Waals surface area (Å²) in [5, 5.41) is 4.30. The predicted molar refractivity (Wildman–Crippen MR) is 121 cm³/mol. The summed E-state index contributed by atoms with van der Waals surface area (Å²) in [7, 11) is 2.09. The lowest BCUT2D eigenvalue weighted by Gasteiger charge is -2.33.